The van der Waals surface area contributed by atoms with Crippen LogP contribution < -0.4 is 10.6 Å². The second kappa shape index (κ2) is 6.58. The summed E-state index contributed by atoms with van der Waals surface area (Å²) in [5, 5.41) is 7.80. The SMILES string of the molecule is CCn1c2ccccc2c2cc(NC(=O)CN3C(=O)NC(C)(C4CC4)C3=O)ccc21. The number of amides is 4. The van der Waals surface area contributed by atoms with Crippen LogP contribution >= 0.6 is 0 Å². The predicted octanol–water partition coefficient (Wildman–Crippen LogP) is 3.47. The maximum absolute atomic E-state index is 12.7. The molecule has 1 atom stereocenters. The van der Waals surface area contributed by atoms with Crippen LogP contribution in [-0.2, 0) is 16.1 Å². The number of fused-ring (bicyclic) bond motifs is 3. The molecule has 0 radical (unpaired) electrons. The van der Waals surface area contributed by atoms with Crippen LogP contribution in [0.4, 0.5) is 10.5 Å². The van der Waals surface area contributed by atoms with Gasteiger partial charge >= 0.3 is 6.03 Å². The molecule has 2 aromatic carbocycles. The van der Waals surface area contributed by atoms with Crippen LogP contribution in [0.5, 0.6) is 0 Å². The van der Waals surface area contributed by atoms with Crippen molar-refractivity contribution in [3.63, 3.8) is 0 Å². The van der Waals surface area contributed by atoms with E-state index in [2.05, 4.69) is 34.3 Å². The average molecular weight is 404 g/mol. The second-order valence-corrected chi connectivity index (χ2v) is 8.34. The first-order valence-electron chi connectivity index (χ1n) is 10.4. The number of para-hydroxylation sites is 1. The number of carbonyl (C=O) groups excluding carboxylic acids is 3. The smallest absolute Gasteiger partial charge is 0.325 e. The van der Waals surface area contributed by atoms with E-state index in [1.807, 2.05) is 30.3 Å². The monoisotopic (exact) mass is 404 g/mol. The largest absolute Gasteiger partial charge is 0.341 e. The molecule has 3 aromatic rings. The number of hydrogen-bond acceptors (Lipinski definition) is 3. The van der Waals surface area contributed by atoms with E-state index in [9.17, 15) is 14.4 Å². The van der Waals surface area contributed by atoms with Gasteiger partial charge in [0.05, 0.1) is 0 Å². The van der Waals surface area contributed by atoms with Crippen molar-refractivity contribution in [2.45, 2.75) is 38.8 Å². The van der Waals surface area contributed by atoms with Crippen LogP contribution in [0.1, 0.15) is 26.7 Å². The molecule has 4 amide bonds. The summed E-state index contributed by atoms with van der Waals surface area (Å²) in [6, 6.07) is 13.5. The predicted molar refractivity (Wildman–Crippen MR) is 115 cm³/mol. The molecule has 1 aromatic heterocycles. The van der Waals surface area contributed by atoms with Gasteiger partial charge in [0.25, 0.3) is 5.91 Å². The summed E-state index contributed by atoms with van der Waals surface area (Å²) in [5.74, 6) is -0.538. The zero-order chi connectivity index (χ0) is 21.0. The number of aryl methyl sites for hydroxylation is 1. The van der Waals surface area contributed by atoms with E-state index in [1.165, 1.54) is 0 Å². The zero-order valence-electron chi connectivity index (χ0n) is 17.1. The van der Waals surface area contributed by atoms with Crippen molar-refractivity contribution in [2.75, 3.05) is 11.9 Å². The number of anilines is 1. The molecule has 7 nitrogen and oxygen atoms in total. The normalized spacial score (nSPS) is 21.5. The van der Waals surface area contributed by atoms with Crippen molar-refractivity contribution in [1.29, 1.82) is 0 Å². The maximum atomic E-state index is 12.7. The van der Waals surface area contributed by atoms with E-state index in [4.69, 9.17) is 0 Å². The first-order valence-corrected chi connectivity index (χ1v) is 10.4. The summed E-state index contributed by atoms with van der Waals surface area (Å²) in [7, 11) is 0. The van der Waals surface area contributed by atoms with Gasteiger partial charge in [0.15, 0.2) is 0 Å². The van der Waals surface area contributed by atoms with Gasteiger partial charge in [-0.15, -0.1) is 0 Å². The molecule has 2 heterocycles. The highest BCUT2D eigenvalue weighted by atomic mass is 16.2. The molecule has 1 aliphatic carbocycles. The second-order valence-electron chi connectivity index (χ2n) is 8.34. The number of imide groups is 1. The fraction of sp³-hybridized carbons (Fsp3) is 0.348. The highest BCUT2D eigenvalue weighted by molar-refractivity contribution is 6.12. The highest BCUT2D eigenvalue weighted by Gasteiger charge is 2.56. The Morgan fingerprint density at radius 3 is 2.60 bits per heavy atom. The van der Waals surface area contributed by atoms with Crippen molar-refractivity contribution in [1.82, 2.24) is 14.8 Å². The Morgan fingerprint density at radius 2 is 1.87 bits per heavy atom. The number of urea groups is 1. The summed E-state index contributed by atoms with van der Waals surface area (Å²) < 4.78 is 2.24. The minimum Gasteiger partial charge on any atom is -0.341 e. The maximum Gasteiger partial charge on any atom is 0.325 e. The molecular formula is C23H24N4O3. The molecule has 0 spiro atoms. The van der Waals surface area contributed by atoms with Crippen molar-refractivity contribution in [2.24, 2.45) is 5.92 Å². The fourth-order valence-corrected chi connectivity index (χ4v) is 4.61. The topological polar surface area (TPSA) is 83.4 Å². The minimum absolute atomic E-state index is 0.167. The number of nitrogens with one attached hydrogen (secondary N) is 2. The standard InChI is InChI=1S/C23H24N4O3/c1-3-26-18-7-5-4-6-16(18)17-12-15(10-11-19(17)26)24-20(28)13-27-21(29)23(2,14-8-9-14)25-22(27)30/h4-7,10-12,14H,3,8-9,13H2,1-2H3,(H,24,28)(H,25,30). The van der Waals surface area contributed by atoms with Crippen molar-refractivity contribution in [3.05, 3.63) is 42.5 Å². The van der Waals surface area contributed by atoms with Gasteiger partial charge < -0.3 is 15.2 Å². The summed E-state index contributed by atoms with van der Waals surface area (Å²) in [5.41, 5.74) is 2.02. The number of carbonyl (C=O) groups is 3. The molecule has 1 aliphatic heterocycles. The number of benzene rings is 2. The van der Waals surface area contributed by atoms with E-state index in [1.54, 1.807) is 6.92 Å². The molecule has 2 aliphatic rings. The molecule has 1 unspecified atom stereocenters. The molecule has 2 N–H and O–H groups in total. The number of nitrogens with zero attached hydrogens (tertiary/aromatic N) is 2. The van der Waals surface area contributed by atoms with E-state index in [0.717, 1.165) is 46.1 Å². The van der Waals surface area contributed by atoms with Crippen molar-refractivity contribution >= 4 is 45.3 Å². The number of rotatable bonds is 5. The Morgan fingerprint density at radius 1 is 1.13 bits per heavy atom. The third-order valence-corrected chi connectivity index (χ3v) is 6.37. The van der Waals surface area contributed by atoms with E-state index >= 15 is 0 Å². The summed E-state index contributed by atoms with van der Waals surface area (Å²) in [6.45, 7) is 4.42. The molecular weight excluding hydrogens is 380 g/mol. The Hall–Kier alpha value is -3.35. The van der Waals surface area contributed by atoms with Gasteiger partial charge in [-0.25, -0.2) is 4.79 Å². The molecule has 1 saturated heterocycles. The molecule has 5 rings (SSSR count). The van der Waals surface area contributed by atoms with E-state index < -0.39 is 17.5 Å². The highest BCUT2D eigenvalue weighted by Crippen LogP contribution is 2.42. The fourth-order valence-electron chi connectivity index (χ4n) is 4.61. The van der Waals surface area contributed by atoms with Crippen molar-refractivity contribution in [3.8, 4) is 0 Å². The molecule has 0 bridgehead atoms. The summed E-state index contributed by atoms with van der Waals surface area (Å²) in [4.78, 5) is 38.7. The summed E-state index contributed by atoms with van der Waals surface area (Å²) >= 11 is 0. The number of aromatic nitrogens is 1. The molecule has 1 saturated carbocycles. The third-order valence-electron chi connectivity index (χ3n) is 6.37. The minimum atomic E-state index is -0.877. The molecule has 7 heteroatoms. The van der Waals surface area contributed by atoms with Crippen LogP contribution in [0.15, 0.2) is 42.5 Å². The van der Waals surface area contributed by atoms with Gasteiger partial charge in [0, 0.05) is 34.0 Å². The van der Waals surface area contributed by atoms with Crippen LogP contribution in [0, 0.1) is 5.92 Å². The first kappa shape index (κ1) is 18.7. The molecule has 30 heavy (non-hydrogen) atoms. The zero-order valence-corrected chi connectivity index (χ0v) is 17.1. The Balaban J connectivity index is 1.38. The quantitative estimate of drug-likeness (QED) is 0.639. The Bertz CT molecular complexity index is 1210. The van der Waals surface area contributed by atoms with E-state index in [-0.39, 0.29) is 18.4 Å². The lowest BCUT2D eigenvalue weighted by Gasteiger charge is -2.20. The molecule has 2 fully saturated rings. The van der Waals surface area contributed by atoms with Gasteiger partial charge in [0.2, 0.25) is 5.91 Å². The van der Waals surface area contributed by atoms with Gasteiger partial charge in [-0.05, 0) is 56.9 Å². The van der Waals surface area contributed by atoms with E-state index in [0.29, 0.717) is 5.69 Å². The van der Waals surface area contributed by atoms with Gasteiger partial charge in [0.1, 0.15) is 12.1 Å². The Kier molecular flexibility index (Phi) is 4.10. The number of hydrogen-bond donors (Lipinski definition) is 2. The van der Waals surface area contributed by atoms with Crippen LogP contribution in [0.2, 0.25) is 0 Å². The van der Waals surface area contributed by atoms with Crippen LogP contribution in [0.3, 0.4) is 0 Å². The average Bonchev–Trinajstić information content (AvgIpc) is 3.51. The first-order chi connectivity index (χ1) is 14.4. The summed E-state index contributed by atoms with van der Waals surface area (Å²) in [6.07, 6.45) is 1.85. The van der Waals surface area contributed by atoms with Crippen molar-refractivity contribution < 1.29 is 14.4 Å². The van der Waals surface area contributed by atoms with Gasteiger partial charge in [-0.2, -0.15) is 0 Å². The molecule has 154 valence electrons. The van der Waals surface area contributed by atoms with Crippen LogP contribution in [-0.4, -0.2) is 39.4 Å². The lowest BCUT2D eigenvalue weighted by atomic mass is 9.96. The Labute approximate surface area is 174 Å². The third kappa shape index (κ3) is 2.76. The van der Waals surface area contributed by atoms with Crippen LogP contribution in [0.25, 0.3) is 21.8 Å². The lowest BCUT2D eigenvalue weighted by molar-refractivity contribution is -0.134. The lowest BCUT2D eigenvalue weighted by Crippen LogP contribution is -2.46. The van der Waals surface area contributed by atoms with Gasteiger partial charge in [-0.1, -0.05) is 18.2 Å². The van der Waals surface area contributed by atoms with Gasteiger partial charge in [-0.3, -0.25) is 14.5 Å².